The Morgan fingerprint density at radius 3 is 2.51 bits per heavy atom. The van der Waals surface area contributed by atoms with Crippen molar-refractivity contribution in [2.24, 2.45) is 11.8 Å². The number of aromatic nitrogens is 3. The van der Waals surface area contributed by atoms with Crippen LogP contribution in [0.5, 0.6) is 0 Å². The van der Waals surface area contributed by atoms with Gasteiger partial charge in [-0.2, -0.15) is 0 Å². The molecule has 3 aromatic rings. The second-order valence-electron chi connectivity index (χ2n) is 11.5. The lowest BCUT2D eigenvalue weighted by molar-refractivity contribution is -0.119. The fourth-order valence-electron chi connectivity index (χ4n) is 5.65. The maximum absolute atomic E-state index is 13.2. The summed E-state index contributed by atoms with van der Waals surface area (Å²) < 4.78 is 8.75. The predicted molar refractivity (Wildman–Crippen MR) is 146 cm³/mol. The molecular weight excluding hydrogens is 460 g/mol. The predicted octanol–water partition coefficient (Wildman–Crippen LogP) is 7.06. The van der Waals surface area contributed by atoms with E-state index in [1.165, 1.54) is 24.8 Å². The minimum absolute atomic E-state index is 0.0717. The molecule has 6 heteroatoms. The maximum Gasteiger partial charge on any atom is 0.227 e. The molecule has 2 aliphatic carbocycles. The first-order chi connectivity index (χ1) is 17.9. The summed E-state index contributed by atoms with van der Waals surface area (Å²) in [6.07, 6.45) is 5.67. The minimum Gasteiger partial charge on any atom is -0.365 e. The molecule has 196 valence electrons. The molecule has 2 aromatic carbocycles. The van der Waals surface area contributed by atoms with Gasteiger partial charge in [0.05, 0.1) is 13.0 Å². The monoisotopic (exact) mass is 500 g/mol. The second kappa shape index (κ2) is 11.2. The van der Waals surface area contributed by atoms with Crippen molar-refractivity contribution in [2.45, 2.75) is 90.9 Å². The van der Waals surface area contributed by atoms with Gasteiger partial charge in [-0.1, -0.05) is 61.9 Å². The van der Waals surface area contributed by atoms with Crippen LogP contribution in [-0.4, -0.2) is 20.7 Å². The quantitative estimate of drug-likeness (QED) is 0.306. The van der Waals surface area contributed by atoms with Gasteiger partial charge in [0.1, 0.15) is 11.9 Å². The summed E-state index contributed by atoms with van der Waals surface area (Å²) in [7, 11) is 0. The highest BCUT2D eigenvalue weighted by atomic mass is 16.5. The number of carbonyl (C=O) groups is 1. The number of nitrogens with zero attached hydrogens (tertiary/aromatic N) is 3. The van der Waals surface area contributed by atoms with E-state index in [1.807, 2.05) is 49.4 Å². The Morgan fingerprint density at radius 1 is 1.08 bits per heavy atom. The highest BCUT2D eigenvalue weighted by molar-refractivity contribution is 5.91. The van der Waals surface area contributed by atoms with E-state index in [4.69, 9.17) is 9.84 Å². The van der Waals surface area contributed by atoms with Gasteiger partial charge in [0.25, 0.3) is 0 Å². The molecule has 1 atom stereocenters. The van der Waals surface area contributed by atoms with Gasteiger partial charge in [-0.15, -0.1) is 10.2 Å². The van der Waals surface area contributed by atoms with E-state index < -0.39 is 6.10 Å². The van der Waals surface area contributed by atoms with E-state index in [1.54, 1.807) is 0 Å². The van der Waals surface area contributed by atoms with Crippen molar-refractivity contribution in [1.82, 2.24) is 14.8 Å². The third-order valence-electron chi connectivity index (χ3n) is 7.67. The lowest BCUT2D eigenvalue weighted by Gasteiger charge is -2.36. The molecule has 2 aliphatic rings. The van der Waals surface area contributed by atoms with Crippen molar-refractivity contribution >= 4 is 11.6 Å². The van der Waals surface area contributed by atoms with Crippen molar-refractivity contribution in [2.75, 3.05) is 5.32 Å². The maximum atomic E-state index is 13.2. The van der Waals surface area contributed by atoms with Crippen molar-refractivity contribution < 1.29 is 9.53 Å². The van der Waals surface area contributed by atoms with E-state index in [9.17, 15) is 4.79 Å². The highest BCUT2D eigenvalue weighted by Gasteiger charge is 2.40. The van der Waals surface area contributed by atoms with Crippen LogP contribution < -0.4 is 5.32 Å². The van der Waals surface area contributed by atoms with Crippen molar-refractivity contribution in [3.05, 3.63) is 76.9 Å². The van der Waals surface area contributed by atoms with Crippen LogP contribution in [0.2, 0.25) is 0 Å². The van der Waals surface area contributed by atoms with Gasteiger partial charge < -0.3 is 14.6 Å². The molecule has 0 bridgehead atoms. The van der Waals surface area contributed by atoms with Gasteiger partial charge in [0, 0.05) is 17.6 Å². The summed E-state index contributed by atoms with van der Waals surface area (Å²) in [4.78, 5) is 13.2. The number of anilines is 1. The van der Waals surface area contributed by atoms with Crippen LogP contribution in [0, 0.1) is 25.7 Å². The molecule has 2 saturated carbocycles. The zero-order valence-electron chi connectivity index (χ0n) is 22.6. The van der Waals surface area contributed by atoms with Crippen LogP contribution in [0.4, 0.5) is 5.69 Å². The highest BCUT2D eigenvalue weighted by Crippen LogP contribution is 2.48. The molecule has 6 nitrogen and oxygen atoms in total. The van der Waals surface area contributed by atoms with Crippen LogP contribution in [0.1, 0.15) is 98.8 Å². The molecule has 1 amide bonds. The number of carbonyl (C=O) groups excluding carboxylic acids is 1. The van der Waals surface area contributed by atoms with Crippen LogP contribution >= 0.6 is 0 Å². The number of hydrogen-bond acceptors (Lipinski definition) is 4. The van der Waals surface area contributed by atoms with Crippen LogP contribution in [-0.2, 0) is 16.1 Å². The van der Waals surface area contributed by atoms with Crippen molar-refractivity contribution in [3.63, 3.8) is 0 Å². The first-order valence-electron chi connectivity index (χ1n) is 13.8. The average molecular weight is 501 g/mol. The van der Waals surface area contributed by atoms with Crippen LogP contribution in [0.25, 0.3) is 0 Å². The molecule has 1 N–H and O–H groups in total. The number of rotatable bonds is 11. The van der Waals surface area contributed by atoms with Gasteiger partial charge in [-0.25, -0.2) is 0 Å². The summed E-state index contributed by atoms with van der Waals surface area (Å²) in [5, 5.41) is 12.5. The lowest BCUT2D eigenvalue weighted by Crippen LogP contribution is -2.27. The largest absolute Gasteiger partial charge is 0.365 e. The zero-order valence-corrected chi connectivity index (χ0v) is 22.6. The van der Waals surface area contributed by atoms with E-state index >= 15 is 0 Å². The van der Waals surface area contributed by atoms with Gasteiger partial charge >= 0.3 is 0 Å². The van der Waals surface area contributed by atoms with E-state index in [2.05, 4.69) is 41.8 Å². The van der Waals surface area contributed by atoms with Gasteiger partial charge in [-0.05, 0) is 75.0 Å². The molecule has 37 heavy (non-hydrogen) atoms. The van der Waals surface area contributed by atoms with Crippen LogP contribution in [0.3, 0.4) is 0 Å². The molecule has 0 spiro atoms. The van der Waals surface area contributed by atoms with Crippen LogP contribution in [0.15, 0.2) is 48.5 Å². The molecule has 0 aliphatic heterocycles. The van der Waals surface area contributed by atoms with E-state index in [0.29, 0.717) is 18.6 Å². The second-order valence-corrected chi connectivity index (χ2v) is 11.5. The number of benzene rings is 2. The lowest BCUT2D eigenvalue weighted by atomic mass is 9.71. The fraction of sp³-hybridized carbons (Fsp3) is 0.516. The Bertz CT molecular complexity index is 1210. The number of hydrogen-bond donors (Lipinski definition) is 1. The minimum atomic E-state index is -0.459. The average Bonchev–Trinajstić information content (AvgIpc) is 3.59. The smallest absolute Gasteiger partial charge is 0.227 e. The molecule has 0 saturated heterocycles. The molecule has 1 heterocycles. The fourth-order valence-corrected chi connectivity index (χ4v) is 5.65. The number of aryl methyl sites for hydroxylation is 2. The summed E-state index contributed by atoms with van der Waals surface area (Å²) in [5.41, 5.74) is 4.15. The number of nitrogens with one attached hydrogen (secondary N) is 1. The molecule has 0 radical (unpaired) electrons. The molecule has 5 rings (SSSR count). The van der Waals surface area contributed by atoms with Gasteiger partial charge in [-0.3, -0.25) is 4.79 Å². The first-order valence-corrected chi connectivity index (χ1v) is 13.8. The Hall–Kier alpha value is -2.99. The molecular formula is C31H40N4O2. The summed E-state index contributed by atoms with van der Waals surface area (Å²) in [5.74, 6) is 3.81. The van der Waals surface area contributed by atoms with E-state index in [0.717, 1.165) is 53.1 Å². The van der Waals surface area contributed by atoms with Crippen molar-refractivity contribution in [1.29, 1.82) is 0 Å². The van der Waals surface area contributed by atoms with Gasteiger partial charge in [0.2, 0.25) is 5.91 Å². The Kier molecular flexibility index (Phi) is 7.75. The summed E-state index contributed by atoms with van der Waals surface area (Å²) >= 11 is 0. The molecule has 2 fully saturated rings. The summed E-state index contributed by atoms with van der Waals surface area (Å²) in [6, 6.07) is 16.6. The molecule has 1 aromatic heterocycles. The Balaban J connectivity index is 1.36. The van der Waals surface area contributed by atoms with Crippen molar-refractivity contribution in [3.8, 4) is 0 Å². The number of amides is 1. The summed E-state index contributed by atoms with van der Waals surface area (Å²) in [6.45, 7) is 9.11. The van der Waals surface area contributed by atoms with Gasteiger partial charge in [0.15, 0.2) is 5.82 Å². The Labute approximate surface area is 220 Å². The topological polar surface area (TPSA) is 69.0 Å². The zero-order chi connectivity index (χ0) is 25.9. The SMILES string of the molecule is Cc1ccc(NC(=O)C[C@H](OCc2ccccc2)c2nnc(C3CC(CC(C)C)C3)n2C2CC2)c(C)c1. The third kappa shape index (κ3) is 6.30. The Morgan fingerprint density at radius 2 is 1.84 bits per heavy atom. The normalized spacial score (nSPS) is 20.0. The third-order valence-corrected chi connectivity index (χ3v) is 7.67. The first kappa shape index (κ1) is 25.7. The number of ether oxygens (including phenoxy) is 1. The standard InChI is InChI=1S/C31H40N4O2/c1-20(2)14-24-16-25(17-24)30-33-34-31(35(30)26-11-12-26)28(37-19-23-8-6-5-7-9-23)18-29(36)32-27-13-10-21(3)15-22(27)4/h5-10,13,15,20,24-26,28H,11-12,14,16-19H2,1-4H3,(H,32,36)/t24?,25?,28-/m0/s1. The van der Waals surface area contributed by atoms with E-state index in [-0.39, 0.29) is 12.3 Å². The molecule has 0 unspecified atom stereocenters.